The topological polar surface area (TPSA) is 42.1 Å². The molecule has 0 radical (unpaired) electrons. The van der Waals surface area contributed by atoms with Gasteiger partial charge >= 0.3 is 5.97 Å². The van der Waals surface area contributed by atoms with Crippen LogP contribution in [0.2, 0.25) is 5.02 Å². The number of aromatic amines is 1. The molecule has 0 amide bonds. The van der Waals surface area contributed by atoms with Crippen LogP contribution in [0.25, 0.3) is 10.9 Å². The van der Waals surface area contributed by atoms with Gasteiger partial charge < -0.3 is 9.72 Å². The van der Waals surface area contributed by atoms with Crippen LogP contribution >= 0.6 is 11.6 Å². The third-order valence-corrected chi connectivity index (χ3v) is 3.17. The minimum atomic E-state index is -0.344. The number of hydrogen-bond acceptors (Lipinski definition) is 2. The second-order valence-corrected chi connectivity index (χ2v) is 4.64. The normalized spacial score (nSPS) is 11.1. The van der Waals surface area contributed by atoms with Crippen LogP contribution in [0.3, 0.4) is 0 Å². The van der Waals surface area contributed by atoms with Crippen molar-refractivity contribution >= 4 is 28.5 Å². The molecule has 2 aromatic rings. The lowest BCUT2D eigenvalue weighted by atomic mass is 10.1. The highest BCUT2D eigenvalue weighted by atomic mass is 35.5. The number of nitrogens with one attached hydrogen (secondary N) is 1. The van der Waals surface area contributed by atoms with E-state index in [9.17, 15) is 4.79 Å². The average Bonchev–Trinajstić information content (AvgIpc) is 2.65. The van der Waals surface area contributed by atoms with E-state index in [4.69, 9.17) is 11.6 Å². The Bertz CT molecular complexity index is 572. The van der Waals surface area contributed by atoms with Crippen molar-refractivity contribution in [1.82, 2.24) is 4.98 Å². The number of ether oxygens (including phenoxy) is 1. The lowest BCUT2D eigenvalue weighted by Crippen LogP contribution is -2.00. The number of methoxy groups -OCH3 is 1. The minimum absolute atomic E-state index is 0.316. The Morgan fingerprint density at radius 1 is 1.41 bits per heavy atom. The van der Waals surface area contributed by atoms with Crippen molar-refractivity contribution in [3.05, 3.63) is 34.5 Å². The van der Waals surface area contributed by atoms with Gasteiger partial charge in [0.1, 0.15) is 0 Å². The highest BCUT2D eigenvalue weighted by molar-refractivity contribution is 6.36. The van der Waals surface area contributed by atoms with Gasteiger partial charge in [-0.2, -0.15) is 0 Å². The Hall–Kier alpha value is -1.48. The highest BCUT2D eigenvalue weighted by Crippen LogP contribution is 2.32. The second kappa shape index (κ2) is 4.41. The quantitative estimate of drug-likeness (QED) is 0.827. The summed E-state index contributed by atoms with van der Waals surface area (Å²) in [6, 6.07) is 5.32. The summed E-state index contributed by atoms with van der Waals surface area (Å²) in [5, 5.41) is 1.66. The summed E-state index contributed by atoms with van der Waals surface area (Å²) < 4.78 is 4.68. The van der Waals surface area contributed by atoms with Crippen LogP contribution in [0.1, 0.15) is 35.8 Å². The number of esters is 1. The van der Waals surface area contributed by atoms with Gasteiger partial charge in [0.05, 0.1) is 17.7 Å². The van der Waals surface area contributed by atoms with Gasteiger partial charge in [-0.25, -0.2) is 4.79 Å². The van der Waals surface area contributed by atoms with Gasteiger partial charge in [0.25, 0.3) is 0 Å². The molecule has 0 aliphatic heterocycles. The number of fused-ring (bicyclic) bond motifs is 1. The van der Waals surface area contributed by atoms with Gasteiger partial charge in [0.15, 0.2) is 0 Å². The lowest BCUT2D eigenvalue weighted by Gasteiger charge is -2.00. The van der Waals surface area contributed by atoms with Crippen LogP contribution in [0.5, 0.6) is 0 Å². The van der Waals surface area contributed by atoms with Gasteiger partial charge in [0, 0.05) is 16.6 Å². The van der Waals surface area contributed by atoms with Crippen LogP contribution in [0.15, 0.2) is 18.2 Å². The first kappa shape index (κ1) is 12.0. The molecule has 1 heterocycles. The first-order valence-electron chi connectivity index (χ1n) is 5.44. The molecule has 0 bridgehead atoms. The van der Waals surface area contributed by atoms with E-state index < -0.39 is 0 Å². The van der Waals surface area contributed by atoms with Crippen molar-refractivity contribution < 1.29 is 9.53 Å². The molecule has 1 aromatic heterocycles. The Balaban J connectivity index is 2.59. The number of halogens is 1. The maximum absolute atomic E-state index is 11.4. The van der Waals surface area contributed by atoms with Gasteiger partial charge in [-0.15, -0.1) is 0 Å². The first-order valence-corrected chi connectivity index (χ1v) is 5.81. The second-order valence-electron chi connectivity index (χ2n) is 4.26. The fourth-order valence-corrected chi connectivity index (χ4v) is 2.26. The fraction of sp³-hybridized carbons (Fsp3) is 0.308. The SMILES string of the molecule is COC(=O)c1ccc2c(Cl)c(C(C)C)[nH]c2c1. The smallest absolute Gasteiger partial charge is 0.337 e. The molecule has 3 nitrogen and oxygen atoms in total. The maximum atomic E-state index is 11.4. The van der Waals surface area contributed by atoms with Crippen molar-refractivity contribution in [2.24, 2.45) is 0 Å². The summed E-state index contributed by atoms with van der Waals surface area (Å²) in [5.41, 5.74) is 2.37. The molecule has 4 heteroatoms. The molecule has 1 N–H and O–H groups in total. The van der Waals surface area contributed by atoms with Crippen molar-refractivity contribution in [3.63, 3.8) is 0 Å². The zero-order chi connectivity index (χ0) is 12.6. The Kier molecular flexibility index (Phi) is 3.11. The molecule has 0 fully saturated rings. The Morgan fingerprint density at radius 3 is 2.71 bits per heavy atom. The lowest BCUT2D eigenvalue weighted by molar-refractivity contribution is 0.0601. The van der Waals surface area contributed by atoms with Crippen LogP contribution in [0, 0.1) is 0 Å². The number of hydrogen-bond donors (Lipinski definition) is 1. The van der Waals surface area contributed by atoms with Crippen molar-refractivity contribution in [2.45, 2.75) is 19.8 Å². The number of aromatic nitrogens is 1. The summed E-state index contributed by atoms with van der Waals surface area (Å²) in [4.78, 5) is 14.7. The summed E-state index contributed by atoms with van der Waals surface area (Å²) in [6.45, 7) is 4.13. The Morgan fingerprint density at radius 2 is 2.12 bits per heavy atom. The molecule has 0 saturated heterocycles. The van der Waals surface area contributed by atoms with E-state index in [0.29, 0.717) is 11.5 Å². The van der Waals surface area contributed by atoms with Crippen molar-refractivity contribution in [1.29, 1.82) is 0 Å². The molecule has 1 aromatic carbocycles. The first-order chi connectivity index (χ1) is 8.04. The van der Waals surface area contributed by atoms with Crippen LogP contribution in [0.4, 0.5) is 0 Å². The zero-order valence-electron chi connectivity index (χ0n) is 10.0. The molecule has 2 rings (SSSR count). The zero-order valence-corrected chi connectivity index (χ0v) is 10.8. The summed E-state index contributed by atoms with van der Waals surface area (Å²) in [6.07, 6.45) is 0. The number of rotatable bonds is 2. The number of H-pyrrole nitrogens is 1. The predicted octanol–water partition coefficient (Wildman–Crippen LogP) is 3.73. The number of carbonyl (C=O) groups excluding carboxylic acids is 1. The van der Waals surface area contributed by atoms with Crippen LogP contribution in [-0.4, -0.2) is 18.1 Å². The van der Waals surface area contributed by atoms with Gasteiger partial charge in [-0.05, 0) is 18.1 Å². The summed E-state index contributed by atoms with van der Waals surface area (Å²) in [7, 11) is 1.37. The summed E-state index contributed by atoms with van der Waals surface area (Å²) in [5.74, 6) is -0.0276. The van der Waals surface area contributed by atoms with Gasteiger partial charge in [-0.3, -0.25) is 0 Å². The fourth-order valence-electron chi connectivity index (χ4n) is 1.83. The van der Waals surface area contributed by atoms with Gasteiger partial charge in [-0.1, -0.05) is 31.5 Å². The molecule has 0 unspecified atom stereocenters. The van der Waals surface area contributed by atoms with Crippen molar-refractivity contribution in [2.75, 3.05) is 7.11 Å². The van der Waals surface area contributed by atoms with E-state index in [1.54, 1.807) is 12.1 Å². The van der Waals surface area contributed by atoms with Crippen molar-refractivity contribution in [3.8, 4) is 0 Å². The molecule has 0 spiro atoms. The van der Waals surface area contributed by atoms with Gasteiger partial charge in [0.2, 0.25) is 0 Å². The standard InChI is InChI=1S/C13H14ClNO2/c1-7(2)12-11(14)9-5-4-8(13(16)17-3)6-10(9)15-12/h4-7,15H,1-3H3. The predicted molar refractivity (Wildman–Crippen MR) is 68.7 cm³/mol. The third kappa shape index (κ3) is 2.03. The molecule has 0 aliphatic rings. The van der Waals surface area contributed by atoms with E-state index in [-0.39, 0.29) is 5.97 Å². The van der Waals surface area contributed by atoms with E-state index in [1.807, 2.05) is 6.07 Å². The molecular weight excluding hydrogens is 238 g/mol. The van der Waals surface area contributed by atoms with E-state index >= 15 is 0 Å². The van der Waals surface area contributed by atoms with E-state index in [1.165, 1.54) is 7.11 Å². The minimum Gasteiger partial charge on any atom is -0.465 e. The number of carbonyl (C=O) groups is 1. The monoisotopic (exact) mass is 251 g/mol. The summed E-state index contributed by atoms with van der Waals surface area (Å²) >= 11 is 6.27. The molecule has 90 valence electrons. The third-order valence-electron chi connectivity index (χ3n) is 2.76. The van der Waals surface area contributed by atoms with Crippen LogP contribution in [-0.2, 0) is 4.74 Å². The molecule has 0 saturated carbocycles. The highest BCUT2D eigenvalue weighted by Gasteiger charge is 2.14. The largest absolute Gasteiger partial charge is 0.465 e. The van der Waals surface area contributed by atoms with E-state index in [2.05, 4.69) is 23.6 Å². The molecule has 0 atom stereocenters. The molecule has 17 heavy (non-hydrogen) atoms. The molecular formula is C13H14ClNO2. The van der Waals surface area contributed by atoms with Crippen LogP contribution < -0.4 is 0 Å². The number of benzene rings is 1. The average molecular weight is 252 g/mol. The Labute approximate surface area is 105 Å². The maximum Gasteiger partial charge on any atom is 0.337 e. The molecule has 0 aliphatic carbocycles. The van der Waals surface area contributed by atoms with E-state index in [0.717, 1.165) is 21.6 Å².